The Morgan fingerprint density at radius 2 is 1.00 bits per heavy atom. The molecule has 12 rings (SSSR count). The van der Waals surface area contributed by atoms with Gasteiger partial charge in [-0.2, -0.15) is 0 Å². The van der Waals surface area contributed by atoms with Crippen LogP contribution in [0.25, 0.3) is 99.3 Å². The third-order valence-corrected chi connectivity index (χ3v) is 12.0. The zero-order valence-corrected chi connectivity index (χ0v) is 30.5. The number of hydrogen-bond donors (Lipinski definition) is 0. The van der Waals surface area contributed by atoms with E-state index in [9.17, 15) is 0 Å². The van der Waals surface area contributed by atoms with Crippen molar-refractivity contribution < 1.29 is 0 Å². The van der Waals surface area contributed by atoms with Crippen molar-refractivity contribution in [3.05, 3.63) is 181 Å². The van der Waals surface area contributed by atoms with Gasteiger partial charge in [-0.15, -0.1) is 0 Å². The molecule has 0 N–H and O–H groups in total. The molecule has 0 unspecified atom stereocenters. The predicted molar refractivity (Wildman–Crippen MR) is 229 cm³/mol. The second-order valence-electron chi connectivity index (χ2n) is 15.5. The third kappa shape index (κ3) is 4.22. The number of para-hydroxylation sites is 2. The first-order chi connectivity index (χ1) is 27.0. The molecule has 4 nitrogen and oxygen atoms in total. The first kappa shape index (κ1) is 30.4. The van der Waals surface area contributed by atoms with Gasteiger partial charge in [0.1, 0.15) is 5.82 Å². The Hall–Kier alpha value is -7.04. The van der Waals surface area contributed by atoms with Crippen LogP contribution < -0.4 is 0 Å². The van der Waals surface area contributed by atoms with Crippen molar-refractivity contribution in [2.24, 2.45) is 0 Å². The van der Waals surface area contributed by atoms with E-state index in [0.717, 1.165) is 50.7 Å². The minimum atomic E-state index is -0.330. The second-order valence-corrected chi connectivity index (χ2v) is 15.5. The van der Waals surface area contributed by atoms with E-state index in [0.29, 0.717) is 0 Å². The van der Waals surface area contributed by atoms with Crippen LogP contribution in [0.2, 0.25) is 0 Å². The normalized spacial score (nSPS) is 13.4. The second kappa shape index (κ2) is 11.0. The molecule has 0 saturated heterocycles. The topological polar surface area (TPSA) is 35.6 Å². The van der Waals surface area contributed by atoms with Crippen LogP contribution >= 0.6 is 0 Å². The van der Waals surface area contributed by atoms with Crippen LogP contribution in [-0.4, -0.2) is 19.1 Å². The molecule has 0 aliphatic heterocycles. The molecule has 0 spiro atoms. The lowest BCUT2D eigenvalue weighted by Gasteiger charge is -2.24. The predicted octanol–water partition coefficient (Wildman–Crippen LogP) is 13.0. The van der Waals surface area contributed by atoms with E-state index >= 15 is 0 Å². The van der Waals surface area contributed by atoms with E-state index in [4.69, 9.17) is 9.97 Å². The van der Waals surface area contributed by atoms with Crippen LogP contribution in [0.5, 0.6) is 0 Å². The van der Waals surface area contributed by atoms with Gasteiger partial charge in [0, 0.05) is 49.3 Å². The van der Waals surface area contributed by atoms with Gasteiger partial charge in [0.05, 0.1) is 27.8 Å². The molecule has 0 bridgehead atoms. The quantitative estimate of drug-likeness (QED) is 0.184. The molecule has 0 atom stereocenters. The van der Waals surface area contributed by atoms with Crippen LogP contribution in [-0.2, 0) is 5.41 Å². The van der Waals surface area contributed by atoms with E-state index in [1.807, 2.05) is 0 Å². The van der Waals surface area contributed by atoms with Crippen LogP contribution in [0.3, 0.4) is 0 Å². The minimum Gasteiger partial charge on any atom is -0.309 e. The van der Waals surface area contributed by atoms with Gasteiger partial charge in [-0.3, -0.25) is 4.57 Å². The van der Waals surface area contributed by atoms with E-state index < -0.39 is 0 Å². The maximum Gasteiger partial charge on any atom is 0.162 e. The van der Waals surface area contributed by atoms with Gasteiger partial charge in [0.2, 0.25) is 0 Å². The number of benzene rings is 8. The highest BCUT2D eigenvalue weighted by atomic mass is 15.1. The summed E-state index contributed by atoms with van der Waals surface area (Å²) < 4.78 is 4.79. The molecule has 3 heterocycles. The van der Waals surface area contributed by atoms with Gasteiger partial charge in [-0.05, 0) is 87.8 Å². The molecular weight excluding hydrogens is 669 g/mol. The maximum atomic E-state index is 5.69. The first-order valence-corrected chi connectivity index (χ1v) is 19.0. The lowest BCUT2D eigenvalue weighted by molar-refractivity contribution is 0.650. The Bertz CT molecular complexity index is 3310. The van der Waals surface area contributed by atoms with Gasteiger partial charge >= 0.3 is 0 Å². The summed E-state index contributed by atoms with van der Waals surface area (Å²) in [6.07, 6.45) is 0. The van der Waals surface area contributed by atoms with Crippen LogP contribution in [0.1, 0.15) is 25.0 Å². The molecule has 0 saturated carbocycles. The highest BCUT2D eigenvalue weighted by molar-refractivity contribution is 6.17. The molecule has 4 heteroatoms. The van der Waals surface area contributed by atoms with E-state index in [-0.39, 0.29) is 5.41 Å². The van der Waals surface area contributed by atoms with Gasteiger partial charge < -0.3 is 4.57 Å². The smallest absolute Gasteiger partial charge is 0.162 e. The Labute approximate surface area is 317 Å². The van der Waals surface area contributed by atoms with Gasteiger partial charge in [-0.1, -0.05) is 123 Å². The molecule has 8 aromatic carbocycles. The summed E-state index contributed by atoms with van der Waals surface area (Å²) in [5, 5.41) is 9.69. The fraction of sp³-hybridized carbons (Fsp3) is 0.0588. The first-order valence-electron chi connectivity index (χ1n) is 19.0. The highest BCUT2D eigenvalue weighted by Gasteiger charge is 2.41. The summed E-state index contributed by atoms with van der Waals surface area (Å²) in [7, 11) is 0. The molecule has 258 valence electrons. The Kier molecular flexibility index (Phi) is 6.09. The van der Waals surface area contributed by atoms with E-state index in [1.54, 1.807) is 0 Å². The molecule has 0 amide bonds. The minimum absolute atomic E-state index is 0.330. The third-order valence-electron chi connectivity index (χ3n) is 12.0. The molecule has 1 aliphatic rings. The standard InChI is InChI=1S/C51H34N4/c1-51(2)42-22-12-10-21-38(42)48-47(51)50(55-45-29-33-16-8-6-14-31(33)26-40(45)41-27-32-15-7-9-17-34(32)30-46(41)55)53-49(52-48)35-24-25-44-39(28-35)37-20-11-13-23-43(37)54(44)36-18-4-3-5-19-36/h3-30H,1-2H3. The summed E-state index contributed by atoms with van der Waals surface area (Å²) >= 11 is 0. The van der Waals surface area contributed by atoms with Crippen LogP contribution in [0.4, 0.5) is 0 Å². The summed E-state index contributed by atoms with van der Waals surface area (Å²) in [4.78, 5) is 11.2. The monoisotopic (exact) mass is 702 g/mol. The average Bonchev–Trinajstić information content (AvgIpc) is 3.81. The maximum absolute atomic E-state index is 5.69. The number of fused-ring (bicyclic) bond motifs is 11. The van der Waals surface area contributed by atoms with Gasteiger partial charge in [-0.25, -0.2) is 9.97 Å². The van der Waals surface area contributed by atoms with Crippen molar-refractivity contribution in [2.75, 3.05) is 0 Å². The molecule has 55 heavy (non-hydrogen) atoms. The fourth-order valence-electron chi connectivity index (χ4n) is 9.46. The van der Waals surface area contributed by atoms with Crippen molar-refractivity contribution >= 4 is 65.2 Å². The summed E-state index contributed by atoms with van der Waals surface area (Å²) in [5.41, 5.74) is 11.0. The van der Waals surface area contributed by atoms with Crippen molar-refractivity contribution in [1.29, 1.82) is 0 Å². The van der Waals surface area contributed by atoms with Crippen LogP contribution in [0.15, 0.2) is 170 Å². The lowest BCUT2D eigenvalue weighted by Crippen LogP contribution is -2.19. The fourth-order valence-corrected chi connectivity index (χ4v) is 9.46. The SMILES string of the molecule is CC1(C)c2ccccc2-c2nc(-c3ccc4c(c3)c3ccccc3n4-c3ccccc3)nc(-n3c4cc5ccccc5cc4c4cc5ccccc5cc43)c21. The molecular formula is C51H34N4. The number of nitrogens with zero attached hydrogens (tertiary/aromatic N) is 4. The van der Waals surface area contributed by atoms with Crippen molar-refractivity contribution in [1.82, 2.24) is 19.1 Å². The van der Waals surface area contributed by atoms with Gasteiger partial charge in [0.15, 0.2) is 5.82 Å². The molecule has 1 aliphatic carbocycles. The van der Waals surface area contributed by atoms with E-state index in [2.05, 4.69) is 193 Å². The van der Waals surface area contributed by atoms with Crippen molar-refractivity contribution in [3.8, 4) is 34.2 Å². The number of aromatic nitrogens is 4. The van der Waals surface area contributed by atoms with Crippen molar-refractivity contribution in [2.45, 2.75) is 19.3 Å². The zero-order valence-electron chi connectivity index (χ0n) is 30.5. The molecule has 3 aromatic heterocycles. The lowest BCUT2D eigenvalue weighted by atomic mass is 9.82. The Morgan fingerprint density at radius 1 is 0.436 bits per heavy atom. The zero-order chi connectivity index (χ0) is 36.4. The average molecular weight is 703 g/mol. The number of rotatable bonds is 3. The largest absolute Gasteiger partial charge is 0.309 e. The Morgan fingerprint density at radius 3 is 1.71 bits per heavy atom. The number of hydrogen-bond acceptors (Lipinski definition) is 2. The summed E-state index contributed by atoms with van der Waals surface area (Å²) in [6, 6.07) is 61.6. The van der Waals surface area contributed by atoms with E-state index in [1.165, 1.54) is 59.7 Å². The summed E-state index contributed by atoms with van der Waals surface area (Å²) in [6.45, 7) is 4.65. The van der Waals surface area contributed by atoms with Crippen molar-refractivity contribution in [3.63, 3.8) is 0 Å². The summed E-state index contributed by atoms with van der Waals surface area (Å²) in [5.74, 6) is 1.65. The van der Waals surface area contributed by atoms with Gasteiger partial charge in [0.25, 0.3) is 0 Å². The molecule has 0 radical (unpaired) electrons. The van der Waals surface area contributed by atoms with Crippen LogP contribution in [0, 0.1) is 0 Å². The highest BCUT2D eigenvalue weighted by Crippen LogP contribution is 2.51. The molecule has 0 fully saturated rings. The molecule has 11 aromatic rings. The Balaban J connectivity index is 1.20.